The molecule has 4 heteroatoms. The van der Waals surface area contributed by atoms with Gasteiger partial charge in [-0.05, 0) is 42.9 Å². The molecule has 0 aromatic heterocycles. The highest BCUT2D eigenvalue weighted by atomic mass is 16.5. The van der Waals surface area contributed by atoms with Crippen molar-refractivity contribution in [1.82, 2.24) is 0 Å². The standard InChI is InChI=1S/C16H24N2O2/c1-11(19)17-12-5-6-15(20-4)14(9-12)18-13-7-8-16(2,3)10-13/h5-6,9,13,18H,7-8,10H2,1-4H3,(H,17,19). The Labute approximate surface area is 120 Å². The van der Waals surface area contributed by atoms with E-state index in [1.54, 1.807) is 7.11 Å². The molecule has 1 amide bonds. The smallest absolute Gasteiger partial charge is 0.221 e. The largest absolute Gasteiger partial charge is 0.495 e. The van der Waals surface area contributed by atoms with Gasteiger partial charge in [0.2, 0.25) is 5.91 Å². The van der Waals surface area contributed by atoms with Crippen molar-refractivity contribution in [3.8, 4) is 5.75 Å². The van der Waals surface area contributed by atoms with Crippen molar-refractivity contribution in [1.29, 1.82) is 0 Å². The number of carbonyl (C=O) groups is 1. The van der Waals surface area contributed by atoms with Crippen LogP contribution in [0.4, 0.5) is 11.4 Å². The molecule has 0 heterocycles. The van der Waals surface area contributed by atoms with Gasteiger partial charge in [-0.25, -0.2) is 0 Å². The van der Waals surface area contributed by atoms with E-state index in [-0.39, 0.29) is 5.91 Å². The maximum Gasteiger partial charge on any atom is 0.221 e. The summed E-state index contributed by atoms with van der Waals surface area (Å²) in [5.41, 5.74) is 2.14. The second-order valence-electron chi connectivity index (χ2n) is 6.34. The molecule has 110 valence electrons. The number of anilines is 2. The SMILES string of the molecule is COc1ccc(NC(C)=O)cc1NC1CCC(C)(C)C1. The second-order valence-corrected chi connectivity index (χ2v) is 6.34. The molecule has 0 saturated heterocycles. The first-order valence-electron chi connectivity index (χ1n) is 7.12. The summed E-state index contributed by atoms with van der Waals surface area (Å²) in [5.74, 6) is 0.743. The number of methoxy groups -OCH3 is 1. The van der Waals surface area contributed by atoms with Crippen molar-refractivity contribution in [3.05, 3.63) is 18.2 Å². The third-order valence-electron chi connectivity index (χ3n) is 3.85. The molecule has 1 atom stereocenters. The summed E-state index contributed by atoms with van der Waals surface area (Å²) in [4.78, 5) is 11.1. The van der Waals surface area contributed by atoms with Gasteiger partial charge in [-0.3, -0.25) is 4.79 Å². The normalized spacial score (nSPS) is 20.5. The van der Waals surface area contributed by atoms with Gasteiger partial charge in [-0.2, -0.15) is 0 Å². The maximum atomic E-state index is 11.1. The molecular weight excluding hydrogens is 252 g/mol. The van der Waals surface area contributed by atoms with E-state index in [0.717, 1.165) is 23.5 Å². The Morgan fingerprint density at radius 2 is 2.15 bits per heavy atom. The summed E-state index contributed by atoms with van der Waals surface area (Å²) >= 11 is 0. The Kier molecular flexibility index (Phi) is 4.21. The minimum Gasteiger partial charge on any atom is -0.495 e. The molecule has 2 N–H and O–H groups in total. The van der Waals surface area contributed by atoms with Crippen LogP contribution in [0.5, 0.6) is 5.75 Å². The van der Waals surface area contributed by atoms with E-state index in [4.69, 9.17) is 4.74 Å². The number of hydrogen-bond acceptors (Lipinski definition) is 3. The number of nitrogens with one attached hydrogen (secondary N) is 2. The molecule has 1 unspecified atom stereocenters. The third kappa shape index (κ3) is 3.65. The molecule has 2 rings (SSSR count). The number of carbonyl (C=O) groups excluding carboxylic acids is 1. The van der Waals surface area contributed by atoms with Crippen LogP contribution in [0.1, 0.15) is 40.0 Å². The molecule has 0 aliphatic heterocycles. The fraction of sp³-hybridized carbons (Fsp3) is 0.562. The van der Waals surface area contributed by atoms with Gasteiger partial charge in [0.1, 0.15) is 5.75 Å². The molecule has 0 spiro atoms. The quantitative estimate of drug-likeness (QED) is 0.882. The first kappa shape index (κ1) is 14.7. The molecule has 1 fully saturated rings. The topological polar surface area (TPSA) is 50.4 Å². The number of benzene rings is 1. The van der Waals surface area contributed by atoms with Gasteiger partial charge in [0.15, 0.2) is 0 Å². The van der Waals surface area contributed by atoms with Crippen molar-refractivity contribution >= 4 is 17.3 Å². The van der Waals surface area contributed by atoms with Crippen LogP contribution in [-0.2, 0) is 4.79 Å². The van der Waals surface area contributed by atoms with E-state index in [2.05, 4.69) is 24.5 Å². The van der Waals surface area contributed by atoms with Crippen LogP contribution in [0.2, 0.25) is 0 Å². The number of rotatable bonds is 4. The molecule has 1 aliphatic carbocycles. The Bertz CT molecular complexity index is 497. The minimum absolute atomic E-state index is 0.0666. The van der Waals surface area contributed by atoms with Crippen molar-refractivity contribution in [2.45, 2.75) is 46.1 Å². The van der Waals surface area contributed by atoms with Crippen LogP contribution in [-0.4, -0.2) is 19.1 Å². The zero-order valence-electron chi connectivity index (χ0n) is 12.7. The van der Waals surface area contributed by atoms with Crippen LogP contribution < -0.4 is 15.4 Å². The molecular formula is C16H24N2O2. The van der Waals surface area contributed by atoms with Crippen molar-refractivity contribution in [2.75, 3.05) is 17.7 Å². The van der Waals surface area contributed by atoms with Gasteiger partial charge in [0.05, 0.1) is 12.8 Å². The van der Waals surface area contributed by atoms with Crippen LogP contribution >= 0.6 is 0 Å². The van der Waals surface area contributed by atoms with Crippen molar-refractivity contribution in [2.24, 2.45) is 5.41 Å². The Morgan fingerprint density at radius 1 is 1.40 bits per heavy atom. The summed E-state index contributed by atoms with van der Waals surface area (Å²) in [5, 5.41) is 6.36. The van der Waals surface area contributed by atoms with Gasteiger partial charge in [0.25, 0.3) is 0 Å². The van der Waals surface area contributed by atoms with E-state index >= 15 is 0 Å². The van der Waals surface area contributed by atoms with Gasteiger partial charge < -0.3 is 15.4 Å². The molecule has 1 saturated carbocycles. The molecule has 1 aliphatic rings. The zero-order valence-corrected chi connectivity index (χ0v) is 12.7. The number of ether oxygens (including phenoxy) is 1. The molecule has 20 heavy (non-hydrogen) atoms. The lowest BCUT2D eigenvalue weighted by Crippen LogP contribution is -2.18. The summed E-state index contributed by atoms with van der Waals surface area (Å²) in [7, 11) is 1.66. The fourth-order valence-electron chi connectivity index (χ4n) is 2.88. The van der Waals surface area contributed by atoms with E-state index in [0.29, 0.717) is 11.5 Å². The zero-order chi connectivity index (χ0) is 14.8. The van der Waals surface area contributed by atoms with Gasteiger partial charge in [-0.1, -0.05) is 13.8 Å². The summed E-state index contributed by atoms with van der Waals surface area (Å²) in [6.45, 7) is 6.12. The molecule has 0 bridgehead atoms. The van der Waals surface area contributed by atoms with Crippen LogP contribution in [0.3, 0.4) is 0 Å². The third-order valence-corrected chi connectivity index (χ3v) is 3.85. The fourth-order valence-corrected chi connectivity index (χ4v) is 2.88. The van der Waals surface area contributed by atoms with Gasteiger partial charge in [-0.15, -0.1) is 0 Å². The predicted octanol–water partition coefficient (Wildman–Crippen LogP) is 3.64. The van der Waals surface area contributed by atoms with Crippen LogP contribution in [0, 0.1) is 5.41 Å². The summed E-state index contributed by atoms with van der Waals surface area (Å²) < 4.78 is 5.39. The second kappa shape index (κ2) is 5.73. The first-order valence-corrected chi connectivity index (χ1v) is 7.12. The minimum atomic E-state index is -0.0666. The molecule has 0 radical (unpaired) electrons. The van der Waals surface area contributed by atoms with Gasteiger partial charge >= 0.3 is 0 Å². The molecule has 1 aromatic carbocycles. The highest BCUT2D eigenvalue weighted by Gasteiger charge is 2.31. The average Bonchev–Trinajstić information content (AvgIpc) is 2.68. The van der Waals surface area contributed by atoms with Crippen LogP contribution in [0.25, 0.3) is 0 Å². The molecule has 1 aromatic rings. The van der Waals surface area contributed by atoms with Crippen molar-refractivity contribution in [3.63, 3.8) is 0 Å². The lowest BCUT2D eigenvalue weighted by molar-refractivity contribution is -0.114. The van der Waals surface area contributed by atoms with Gasteiger partial charge in [0, 0.05) is 18.7 Å². The average molecular weight is 276 g/mol. The Balaban J connectivity index is 2.14. The predicted molar refractivity (Wildman–Crippen MR) is 82.3 cm³/mol. The lowest BCUT2D eigenvalue weighted by Gasteiger charge is -2.20. The van der Waals surface area contributed by atoms with E-state index in [1.807, 2.05) is 18.2 Å². The lowest BCUT2D eigenvalue weighted by atomic mass is 9.92. The number of hydrogen-bond donors (Lipinski definition) is 2. The monoisotopic (exact) mass is 276 g/mol. The van der Waals surface area contributed by atoms with E-state index in [1.165, 1.54) is 19.8 Å². The van der Waals surface area contributed by atoms with E-state index in [9.17, 15) is 4.79 Å². The summed E-state index contributed by atoms with van der Waals surface area (Å²) in [6.07, 6.45) is 3.55. The first-order chi connectivity index (χ1) is 9.39. The molecule has 4 nitrogen and oxygen atoms in total. The van der Waals surface area contributed by atoms with E-state index < -0.39 is 0 Å². The highest BCUT2D eigenvalue weighted by Crippen LogP contribution is 2.39. The Morgan fingerprint density at radius 3 is 2.70 bits per heavy atom. The highest BCUT2D eigenvalue weighted by molar-refractivity contribution is 5.89. The Hall–Kier alpha value is -1.71. The number of amides is 1. The summed E-state index contributed by atoms with van der Waals surface area (Å²) in [6, 6.07) is 6.13. The van der Waals surface area contributed by atoms with Crippen LogP contribution in [0.15, 0.2) is 18.2 Å². The van der Waals surface area contributed by atoms with Crippen molar-refractivity contribution < 1.29 is 9.53 Å². The maximum absolute atomic E-state index is 11.1.